The van der Waals surface area contributed by atoms with Crippen LogP contribution < -0.4 is 24.8 Å². The fourth-order valence-corrected chi connectivity index (χ4v) is 3.47. The van der Waals surface area contributed by atoms with Crippen LogP contribution in [0.25, 0.3) is 0 Å². The Morgan fingerprint density at radius 2 is 1.83 bits per heavy atom. The molecule has 1 fully saturated rings. The van der Waals surface area contributed by atoms with Crippen LogP contribution >= 0.6 is 12.2 Å². The van der Waals surface area contributed by atoms with Crippen LogP contribution in [-0.2, 0) is 9.53 Å². The molecule has 0 aliphatic carbocycles. The second-order valence-electron chi connectivity index (χ2n) is 6.52. The smallest absolute Gasteiger partial charge is 0.317 e. The summed E-state index contributed by atoms with van der Waals surface area (Å²) in [5, 5.41) is 6.41. The third-order valence-corrected chi connectivity index (χ3v) is 4.85. The average Bonchev–Trinajstić information content (AvgIpc) is 2.76. The van der Waals surface area contributed by atoms with E-state index in [0.29, 0.717) is 33.6 Å². The molecule has 158 valence electrons. The second kappa shape index (κ2) is 9.98. The van der Waals surface area contributed by atoms with Gasteiger partial charge in [-0.25, -0.2) is 0 Å². The predicted octanol–water partition coefficient (Wildman–Crippen LogP) is 2.97. The summed E-state index contributed by atoms with van der Waals surface area (Å²) in [4.78, 5) is 12.9. The Morgan fingerprint density at radius 3 is 2.53 bits per heavy atom. The molecule has 2 aromatic rings. The maximum Gasteiger partial charge on any atom is 0.317 e. The Balaban J connectivity index is 1.74. The summed E-state index contributed by atoms with van der Waals surface area (Å²) in [6.07, 6.45) is 0. The molecular weight excluding hydrogens is 404 g/mol. The first-order chi connectivity index (χ1) is 14.5. The van der Waals surface area contributed by atoms with Crippen LogP contribution in [0.15, 0.2) is 60.8 Å². The first kappa shape index (κ1) is 21.4. The van der Waals surface area contributed by atoms with Crippen LogP contribution in [0.3, 0.4) is 0 Å². The number of esters is 1. The van der Waals surface area contributed by atoms with Crippen molar-refractivity contribution in [1.82, 2.24) is 10.6 Å². The summed E-state index contributed by atoms with van der Waals surface area (Å²) in [6, 6.07) is 14.2. The molecule has 0 spiro atoms. The van der Waals surface area contributed by atoms with Crippen molar-refractivity contribution in [2.45, 2.75) is 6.04 Å². The molecule has 7 nitrogen and oxygen atoms in total. The van der Waals surface area contributed by atoms with Gasteiger partial charge in [-0.3, -0.25) is 4.79 Å². The SMILES string of the molecule is C=C1NC(=S)N[C@H](c2cc(OC)ccc2OC)[C@@H]1C(=O)OCCOc1ccccc1. The Morgan fingerprint density at radius 1 is 1.07 bits per heavy atom. The van der Waals surface area contributed by atoms with E-state index in [-0.39, 0.29) is 13.2 Å². The summed E-state index contributed by atoms with van der Waals surface area (Å²) < 4.78 is 21.9. The molecule has 1 aliphatic heterocycles. The fourth-order valence-electron chi connectivity index (χ4n) is 3.21. The van der Waals surface area contributed by atoms with Crippen LogP contribution in [0.1, 0.15) is 11.6 Å². The number of carbonyl (C=O) groups excluding carboxylic acids is 1. The molecule has 1 saturated heterocycles. The van der Waals surface area contributed by atoms with Crippen molar-refractivity contribution in [2.75, 3.05) is 27.4 Å². The van der Waals surface area contributed by atoms with Crippen molar-refractivity contribution in [3.8, 4) is 17.2 Å². The van der Waals surface area contributed by atoms with Gasteiger partial charge in [-0.15, -0.1) is 0 Å². The maximum absolute atomic E-state index is 12.9. The molecule has 0 bridgehead atoms. The van der Waals surface area contributed by atoms with E-state index in [4.69, 9.17) is 31.2 Å². The largest absolute Gasteiger partial charge is 0.497 e. The number of carbonyl (C=O) groups is 1. The molecule has 8 heteroatoms. The fraction of sp³-hybridized carbons (Fsp3) is 0.273. The lowest BCUT2D eigenvalue weighted by Gasteiger charge is -2.35. The normalized spacial score (nSPS) is 18.1. The zero-order valence-electron chi connectivity index (χ0n) is 16.8. The lowest BCUT2D eigenvalue weighted by atomic mass is 9.88. The standard InChI is InChI=1S/C22H24N2O5S/c1-14-19(21(25)29-12-11-28-15-7-5-4-6-8-15)20(24-22(30)23-14)17-13-16(26-2)9-10-18(17)27-3/h4-10,13,19-20H,1,11-12H2,2-3H3,(H2,23,24,30)/t19-,20-/m1/s1. The van der Waals surface area contributed by atoms with E-state index in [0.717, 1.165) is 0 Å². The van der Waals surface area contributed by atoms with Crippen molar-refractivity contribution in [3.05, 3.63) is 66.4 Å². The van der Waals surface area contributed by atoms with Crippen LogP contribution in [-0.4, -0.2) is 38.5 Å². The molecule has 3 rings (SSSR count). The molecule has 1 aliphatic rings. The van der Waals surface area contributed by atoms with Gasteiger partial charge in [0.1, 0.15) is 36.4 Å². The van der Waals surface area contributed by atoms with Crippen molar-refractivity contribution in [1.29, 1.82) is 0 Å². The van der Waals surface area contributed by atoms with Crippen molar-refractivity contribution >= 4 is 23.3 Å². The number of rotatable bonds is 8. The van der Waals surface area contributed by atoms with Crippen LogP contribution in [0.2, 0.25) is 0 Å². The Kier molecular flexibility index (Phi) is 7.13. The number of thiocarbonyl (C=S) groups is 1. The first-order valence-electron chi connectivity index (χ1n) is 9.36. The third kappa shape index (κ3) is 5.01. The van der Waals surface area contributed by atoms with Gasteiger partial charge in [-0.05, 0) is 42.5 Å². The number of para-hydroxylation sites is 1. The molecule has 30 heavy (non-hydrogen) atoms. The van der Waals surface area contributed by atoms with E-state index in [9.17, 15) is 4.79 Å². The highest BCUT2D eigenvalue weighted by Crippen LogP contribution is 2.37. The summed E-state index contributed by atoms with van der Waals surface area (Å²) in [7, 11) is 3.14. The summed E-state index contributed by atoms with van der Waals surface area (Å²) in [5.74, 6) is 0.758. The zero-order valence-corrected chi connectivity index (χ0v) is 17.7. The summed E-state index contributed by atoms with van der Waals surface area (Å²) in [6.45, 7) is 4.31. The van der Waals surface area contributed by atoms with Gasteiger partial charge in [-0.2, -0.15) is 0 Å². The number of hydrogen-bond donors (Lipinski definition) is 2. The number of ether oxygens (including phenoxy) is 4. The molecule has 2 aromatic carbocycles. The molecule has 0 amide bonds. The van der Waals surface area contributed by atoms with Gasteiger partial charge >= 0.3 is 5.97 Å². The molecule has 0 saturated carbocycles. The first-order valence-corrected chi connectivity index (χ1v) is 9.77. The van der Waals surface area contributed by atoms with Crippen molar-refractivity contribution in [2.24, 2.45) is 5.92 Å². The Bertz CT molecular complexity index is 919. The van der Waals surface area contributed by atoms with E-state index >= 15 is 0 Å². The predicted molar refractivity (Wildman–Crippen MR) is 117 cm³/mol. The average molecular weight is 429 g/mol. The second-order valence-corrected chi connectivity index (χ2v) is 6.92. The minimum atomic E-state index is -0.727. The zero-order chi connectivity index (χ0) is 21.5. The molecule has 0 aromatic heterocycles. The van der Waals surface area contributed by atoms with Gasteiger partial charge in [0.25, 0.3) is 0 Å². The van der Waals surface area contributed by atoms with Gasteiger partial charge in [0.05, 0.1) is 20.3 Å². The van der Waals surface area contributed by atoms with E-state index in [1.807, 2.05) is 30.3 Å². The number of hydrogen-bond acceptors (Lipinski definition) is 6. The van der Waals surface area contributed by atoms with Crippen molar-refractivity contribution in [3.63, 3.8) is 0 Å². The lowest BCUT2D eigenvalue weighted by molar-refractivity contribution is -0.149. The van der Waals surface area contributed by atoms with Crippen LogP contribution in [0.5, 0.6) is 17.2 Å². The molecule has 2 N–H and O–H groups in total. The maximum atomic E-state index is 12.9. The van der Waals surface area contributed by atoms with E-state index in [2.05, 4.69) is 17.2 Å². The van der Waals surface area contributed by atoms with Gasteiger partial charge in [0, 0.05) is 11.3 Å². The molecule has 0 radical (unpaired) electrons. The van der Waals surface area contributed by atoms with Gasteiger partial charge in [-0.1, -0.05) is 24.8 Å². The summed E-state index contributed by atoms with van der Waals surface area (Å²) >= 11 is 5.27. The Labute approximate surface area is 181 Å². The van der Waals surface area contributed by atoms with Crippen LogP contribution in [0.4, 0.5) is 0 Å². The minimum Gasteiger partial charge on any atom is -0.497 e. The van der Waals surface area contributed by atoms with E-state index in [1.54, 1.807) is 32.4 Å². The number of benzene rings is 2. The van der Waals surface area contributed by atoms with Gasteiger partial charge < -0.3 is 29.6 Å². The topological polar surface area (TPSA) is 78.0 Å². The minimum absolute atomic E-state index is 0.101. The third-order valence-electron chi connectivity index (χ3n) is 4.63. The molecule has 1 heterocycles. The molecule has 0 unspecified atom stereocenters. The molecule has 2 atom stereocenters. The van der Waals surface area contributed by atoms with Crippen molar-refractivity contribution < 1.29 is 23.7 Å². The quantitative estimate of drug-likeness (QED) is 0.378. The highest BCUT2D eigenvalue weighted by atomic mass is 32.1. The number of nitrogens with one attached hydrogen (secondary N) is 2. The van der Waals surface area contributed by atoms with Crippen LogP contribution in [0, 0.1) is 5.92 Å². The lowest BCUT2D eigenvalue weighted by Crippen LogP contribution is -2.51. The van der Waals surface area contributed by atoms with Gasteiger partial charge in [0.2, 0.25) is 0 Å². The highest BCUT2D eigenvalue weighted by Gasteiger charge is 2.39. The Hall–Kier alpha value is -3.26. The summed E-state index contributed by atoms with van der Waals surface area (Å²) in [5.41, 5.74) is 1.16. The number of methoxy groups -OCH3 is 2. The monoisotopic (exact) mass is 428 g/mol. The molecular formula is C22H24N2O5S. The van der Waals surface area contributed by atoms with Gasteiger partial charge in [0.15, 0.2) is 5.11 Å². The van der Waals surface area contributed by atoms with E-state index in [1.165, 1.54) is 0 Å². The van der Waals surface area contributed by atoms with E-state index < -0.39 is 17.9 Å². The highest BCUT2D eigenvalue weighted by molar-refractivity contribution is 7.80.